The van der Waals surface area contributed by atoms with Crippen molar-refractivity contribution in [1.82, 2.24) is 0 Å². The monoisotopic (exact) mass is 234 g/mol. The number of aliphatic carboxylic acids is 1. The summed E-state index contributed by atoms with van der Waals surface area (Å²) < 4.78 is 0. The van der Waals surface area contributed by atoms with Gasteiger partial charge in [-0.3, -0.25) is 14.9 Å². The van der Waals surface area contributed by atoms with E-state index in [1.54, 1.807) is 6.92 Å². The summed E-state index contributed by atoms with van der Waals surface area (Å²) in [5.74, 6) is -1.08. The zero-order valence-corrected chi connectivity index (χ0v) is 9.14. The Morgan fingerprint density at radius 2 is 2.24 bits per heavy atom. The Kier molecular flexibility index (Phi) is 3.78. The van der Waals surface area contributed by atoms with Crippen LogP contribution in [0.15, 0.2) is 12.1 Å². The lowest BCUT2D eigenvalue weighted by molar-refractivity contribution is -0.384. The van der Waals surface area contributed by atoms with E-state index < -0.39 is 10.9 Å². The van der Waals surface area contributed by atoms with Crippen LogP contribution >= 0.6 is 0 Å². The number of rotatable bonds is 4. The Morgan fingerprint density at radius 1 is 1.59 bits per heavy atom. The highest BCUT2D eigenvalue weighted by Crippen LogP contribution is 2.23. The van der Waals surface area contributed by atoms with Gasteiger partial charge in [-0.15, -0.1) is 0 Å². The van der Waals surface area contributed by atoms with Gasteiger partial charge in [-0.2, -0.15) is 5.26 Å². The minimum atomic E-state index is -1.08. The van der Waals surface area contributed by atoms with Crippen molar-refractivity contribution in [3.05, 3.63) is 38.9 Å². The maximum absolute atomic E-state index is 10.7. The third-order valence-electron chi connectivity index (χ3n) is 2.35. The fraction of sp³-hybridized carbons (Fsp3) is 0.273. The fourth-order valence-electron chi connectivity index (χ4n) is 1.66. The molecular weight excluding hydrogens is 224 g/mol. The maximum Gasteiger partial charge on any atom is 0.307 e. The number of carbonyl (C=O) groups is 1. The van der Waals surface area contributed by atoms with E-state index in [9.17, 15) is 14.9 Å². The van der Waals surface area contributed by atoms with Crippen LogP contribution < -0.4 is 0 Å². The van der Waals surface area contributed by atoms with Crippen molar-refractivity contribution in [1.29, 1.82) is 5.26 Å². The lowest BCUT2D eigenvalue weighted by Crippen LogP contribution is -2.06. The summed E-state index contributed by atoms with van der Waals surface area (Å²) in [6.07, 6.45) is 0.142. The summed E-state index contributed by atoms with van der Waals surface area (Å²) in [4.78, 5) is 20.7. The van der Waals surface area contributed by atoms with E-state index in [2.05, 4.69) is 0 Å². The molecule has 0 bridgehead atoms. The van der Waals surface area contributed by atoms with Gasteiger partial charge in [0.15, 0.2) is 0 Å². The van der Waals surface area contributed by atoms with Crippen LogP contribution in [0, 0.1) is 21.4 Å². The number of carboxylic acids is 1. The average molecular weight is 234 g/mol. The Hall–Kier alpha value is -2.42. The molecule has 0 saturated heterocycles. The van der Waals surface area contributed by atoms with Crippen LogP contribution in [0.5, 0.6) is 0 Å². The van der Waals surface area contributed by atoms with Gasteiger partial charge in [0.25, 0.3) is 5.69 Å². The Morgan fingerprint density at radius 3 is 2.65 bits per heavy atom. The minimum absolute atomic E-state index is 0.165. The second-order valence-corrected chi connectivity index (χ2v) is 3.42. The molecular formula is C11H10N2O4. The molecule has 0 unspecified atom stereocenters. The molecule has 0 saturated carbocycles. The van der Waals surface area contributed by atoms with Crippen LogP contribution in [0.4, 0.5) is 5.69 Å². The van der Waals surface area contributed by atoms with Gasteiger partial charge in [-0.1, -0.05) is 6.92 Å². The van der Waals surface area contributed by atoms with Crippen molar-refractivity contribution in [3.63, 3.8) is 0 Å². The summed E-state index contributed by atoms with van der Waals surface area (Å²) in [5, 5.41) is 28.3. The van der Waals surface area contributed by atoms with Crippen LogP contribution in [0.3, 0.4) is 0 Å². The number of nitrogens with zero attached hydrogens (tertiary/aromatic N) is 2. The zero-order chi connectivity index (χ0) is 13.0. The average Bonchev–Trinajstić information content (AvgIpc) is 2.26. The molecule has 0 aromatic heterocycles. The lowest BCUT2D eigenvalue weighted by Gasteiger charge is -2.07. The first kappa shape index (κ1) is 12.6. The van der Waals surface area contributed by atoms with Crippen molar-refractivity contribution >= 4 is 11.7 Å². The quantitative estimate of drug-likeness (QED) is 0.630. The first-order valence-corrected chi connectivity index (χ1v) is 4.91. The molecule has 0 spiro atoms. The number of nitriles is 1. The van der Waals surface area contributed by atoms with Gasteiger partial charge < -0.3 is 5.11 Å². The summed E-state index contributed by atoms with van der Waals surface area (Å²) in [5.41, 5.74) is 0.791. The van der Waals surface area contributed by atoms with Crippen LogP contribution in [0.25, 0.3) is 0 Å². The molecule has 0 atom stereocenters. The molecule has 0 heterocycles. The molecule has 0 amide bonds. The molecule has 1 N–H and O–H groups in total. The standard InChI is InChI=1S/C11H10N2O4/c1-2-10-7(5-11(14)15)3-9(13(16)17)4-8(10)6-12/h3-4H,2,5H2,1H3,(H,14,15). The van der Waals surface area contributed by atoms with E-state index in [0.29, 0.717) is 17.5 Å². The van der Waals surface area contributed by atoms with Crippen molar-refractivity contribution in [2.24, 2.45) is 0 Å². The van der Waals surface area contributed by atoms with Crippen LogP contribution in [0.2, 0.25) is 0 Å². The third-order valence-corrected chi connectivity index (χ3v) is 2.35. The smallest absolute Gasteiger partial charge is 0.307 e. The molecule has 88 valence electrons. The first-order chi connectivity index (χ1) is 7.99. The van der Waals surface area contributed by atoms with Gasteiger partial charge in [-0.25, -0.2) is 0 Å². The van der Waals surface area contributed by atoms with Crippen molar-refractivity contribution < 1.29 is 14.8 Å². The van der Waals surface area contributed by atoms with Gasteiger partial charge >= 0.3 is 5.97 Å². The molecule has 0 fully saturated rings. The maximum atomic E-state index is 10.7. The Labute approximate surface area is 97.3 Å². The number of carboxylic acid groups (broad SMARTS) is 1. The lowest BCUT2D eigenvalue weighted by atomic mass is 9.96. The molecule has 1 rings (SSSR count). The molecule has 0 aliphatic carbocycles. The number of nitro groups is 1. The van der Waals surface area contributed by atoms with E-state index in [1.807, 2.05) is 6.07 Å². The summed E-state index contributed by atoms with van der Waals surface area (Å²) in [6, 6.07) is 4.24. The van der Waals surface area contributed by atoms with Crippen LogP contribution in [-0.4, -0.2) is 16.0 Å². The van der Waals surface area contributed by atoms with E-state index in [-0.39, 0.29) is 17.7 Å². The molecule has 1 aromatic carbocycles. The largest absolute Gasteiger partial charge is 0.481 e. The van der Waals surface area contributed by atoms with Crippen molar-refractivity contribution in [2.45, 2.75) is 19.8 Å². The molecule has 6 nitrogen and oxygen atoms in total. The third kappa shape index (κ3) is 2.78. The van der Waals surface area contributed by atoms with Gasteiger partial charge in [0, 0.05) is 12.1 Å². The van der Waals surface area contributed by atoms with Crippen molar-refractivity contribution in [2.75, 3.05) is 0 Å². The van der Waals surface area contributed by atoms with Gasteiger partial charge in [0.05, 0.1) is 23.0 Å². The molecule has 0 aliphatic rings. The summed E-state index contributed by atoms with van der Waals surface area (Å²) in [7, 11) is 0. The highest BCUT2D eigenvalue weighted by molar-refractivity contribution is 5.72. The second kappa shape index (κ2) is 5.07. The molecule has 1 aromatic rings. The number of benzene rings is 1. The zero-order valence-electron chi connectivity index (χ0n) is 9.14. The summed E-state index contributed by atoms with van der Waals surface area (Å²) in [6.45, 7) is 1.77. The number of nitro benzene ring substituents is 1. The Balaban J connectivity index is 3.43. The van der Waals surface area contributed by atoms with E-state index in [4.69, 9.17) is 10.4 Å². The SMILES string of the molecule is CCc1c(C#N)cc([N+](=O)[O-])cc1CC(=O)O. The molecule has 17 heavy (non-hydrogen) atoms. The highest BCUT2D eigenvalue weighted by atomic mass is 16.6. The van der Waals surface area contributed by atoms with Crippen LogP contribution in [-0.2, 0) is 17.6 Å². The van der Waals surface area contributed by atoms with Crippen molar-refractivity contribution in [3.8, 4) is 6.07 Å². The summed E-state index contributed by atoms with van der Waals surface area (Å²) >= 11 is 0. The van der Waals surface area contributed by atoms with Gasteiger partial charge in [-0.05, 0) is 17.5 Å². The second-order valence-electron chi connectivity index (χ2n) is 3.42. The molecule has 6 heteroatoms. The van der Waals surface area contributed by atoms with E-state index in [1.165, 1.54) is 12.1 Å². The number of hydrogen-bond acceptors (Lipinski definition) is 4. The normalized spacial score (nSPS) is 9.65. The Bertz CT molecular complexity index is 517. The predicted molar refractivity (Wildman–Crippen MR) is 58.5 cm³/mol. The first-order valence-electron chi connectivity index (χ1n) is 4.91. The molecule has 0 aliphatic heterocycles. The van der Waals surface area contributed by atoms with Gasteiger partial charge in [0.2, 0.25) is 0 Å². The van der Waals surface area contributed by atoms with Crippen LogP contribution in [0.1, 0.15) is 23.6 Å². The van der Waals surface area contributed by atoms with E-state index >= 15 is 0 Å². The topological polar surface area (TPSA) is 104 Å². The predicted octanol–water partition coefficient (Wildman–Crippen LogP) is 1.66. The highest BCUT2D eigenvalue weighted by Gasteiger charge is 2.17. The minimum Gasteiger partial charge on any atom is -0.481 e. The van der Waals surface area contributed by atoms with E-state index in [0.717, 1.165) is 0 Å². The van der Waals surface area contributed by atoms with Gasteiger partial charge in [0.1, 0.15) is 0 Å². The molecule has 0 radical (unpaired) electrons. The number of non-ortho nitro benzene ring substituents is 1. The number of hydrogen-bond donors (Lipinski definition) is 1. The fourth-order valence-corrected chi connectivity index (χ4v) is 1.66.